The molecular weight excluding hydrogens is 360 g/mol. The Labute approximate surface area is 171 Å². The Morgan fingerprint density at radius 2 is 1.93 bits per heavy atom. The van der Waals surface area contributed by atoms with Gasteiger partial charge in [-0.25, -0.2) is 0 Å². The van der Waals surface area contributed by atoms with Gasteiger partial charge in [0.15, 0.2) is 0 Å². The van der Waals surface area contributed by atoms with Crippen LogP contribution in [0.2, 0.25) is 0 Å². The highest BCUT2D eigenvalue weighted by atomic mass is 16.5. The normalized spacial score (nSPS) is 17.5. The van der Waals surface area contributed by atoms with Gasteiger partial charge >= 0.3 is 0 Å². The van der Waals surface area contributed by atoms with E-state index in [4.69, 9.17) is 4.74 Å². The van der Waals surface area contributed by atoms with E-state index >= 15 is 0 Å². The summed E-state index contributed by atoms with van der Waals surface area (Å²) in [7, 11) is 0. The van der Waals surface area contributed by atoms with Gasteiger partial charge in [0.25, 0.3) is 0 Å². The molecule has 0 radical (unpaired) electrons. The van der Waals surface area contributed by atoms with Crippen LogP contribution in [-0.4, -0.2) is 17.5 Å². The summed E-state index contributed by atoms with van der Waals surface area (Å²) in [6.07, 6.45) is 3.90. The van der Waals surface area contributed by atoms with Gasteiger partial charge in [0.1, 0.15) is 5.75 Å². The summed E-state index contributed by atoms with van der Waals surface area (Å²) in [4.78, 5) is 16.7. The van der Waals surface area contributed by atoms with E-state index in [-0.39, 0.29) is 11.3 Å². The van der Waals surface area contributed by atoms with Crippen molar-refractivity contribution in [1.82, 2.24) is 4.98 Å². The lowest BCUT2D eigenvalue weighted by Gasteiger charge is -2.21. The van der Waals surface area contributed by atoms with E-state index in [9.17, 15) is 4.79 Å². The lowest BCUT2D eigenvalue weighted by atomic mass is 9.92. The molecule has 1 saturated carbocycles. The van der Waals surface area contributed by atoms with Crippen molar-refractivity contribution in [3.05, 3.63) is 59.3 Å². The standard InChI is InChI=1S/C25H28N2O2/c1-24(2,3)22-14-17-13-19(8-9-20(17)27-22)26-23(28)25(10-11-25)18-7-6-16-5-4-12-29-21(16)15-18/h6-9,13-15,27H,4-5,10-12H2,1-3H3,(H,26,28). The Balaban J connectivity index is 1.40. The van der Waals surface area contributed by atoms with Crippen molar-refractivity contribution in [3.63, 3.8) is 0 Å². The summed E-state index contributed by atoms with van der Waals surface area (Å²) >= 11 is 0. The van der Waals surface area contributed by atoms with Crippen LogP contribution in [0.3, 0.4) is 0 Å². The number of amides is 1. The van der Waals surface area contributed by atoms with Gasteiger partial charge in [-0.15, -0.1) is 0 Å². The number of fused-ring (bicyclic) bond motifs is 2. The van der Waals surface area contributed by atoms with E-state index in [2.05, 4.69) is 61.4 Å². The van der Waals surface area contributed by atoms with Gasteiger partial charge in [-0.1, -0.05) is 32.9 Å². The highest BCUT2D eigenvalue weighted by Crippen LogP contribution is 2.50. The van der Waals surface area contributed by atoms with Crippen LogP contribution in [0, 0.1) is 0 Å². The van der Waals surface area contributed by atoms with Gasteiger partial charge in [0, 0.05) is 27.7 Å². The third-order valence-corrected chi connectivity index (χ3v) is 6.34. The monoisotopic (exact) mass is 388 g/mol. The molecule has 1 amide bonds. The predicted octanol–water partition coefficient (Wildman–Crippen LogP) is 5.46. The summed E-state index contributed by atoms with van der Waals surface area (Å²) in [6, 6.07) is 14.6. The van der Waals surface area contributed by atoms with Gasteiger partial charge in [0.05, 0.1) is 12.0 Å². The number of nitrogens with one attached hydrogen (secondary N) is 2. The number of aromatic nitrogens is 1. The molecule has 2 N–H and O–H groups in total. The number of benzene rings is 2. The van der Waals surface area contributed by atoms with E-state index in [1.807, 2.05) is 12.1 Å². The largest absolute Gasteiger partial charge is 0.493 e. The number of rotatable bonds is 3. The van der Waals surface area contributed by atoms with Crippen molar-refractivity contribution in [1.29, 1.82) is 0 Å². The van der Waals surface area contributed by atoms with Crippen molar-refractivity contribution in [2.24, 2.45) is 0 Å². The Morgan fingerprint density at radius 3 is 2.69 bits per heavy atom. The Hall–Kier alpha value is -2.75. The Kier molecular flexibility index (Phi) is 4.02. The molecule has 0 unspecified atom stereocenters. The second kappa shape index (κ2) is 6.38. The Bertz CT molecular complexity index is 1100. The Morgan fingerprint density at radius 1 is 1.10 bits per heavy atom. The van der Waals surface area contributed by atoms with E-state index in [0.717, 1.165) is 60.2 Å². The lowest BCUT2D eigenvalue weighted by Crippen LogP contribution is -2.28. The van der Waals surface area contributed by atoms with Crippen molar-refractivity contribution < 1.29 is 9.53 Å². The van der Waals surface area contributed by atoms with Crippen LogP contribution in [0.15, 0.2) is 42.5 Å². The minimum Gasteiger partial charge on any atom is -0.493 e. The second-order valence-corrected chi connectivity index (χ2v) is 9.55. The maximum absolute atomic E-state index is 13.2. The number of anilines is 1. The quantitative estimate of drug-likeness (QED) is 0.626. The van der Waals surface area contributed by atoms with Crippen LogP contribution in [0.25, 0.3) is 10.9 Å². The van der Waals surface area contributed by atoms with Crippen LogP contribution in [-0.2, 0) is 22.0 Å². The molecule has 2 aromatic carbocycles. The molecule has 1 fully saturated rings. The first kappa shape index (κ1) is 18.3. The predicted molar refractivity (Wildman–Crippen MR) is 117 cm³/mol. The molecule has 1 aliphatic carbocycles. The van der Waals surface area contributed by atoms with Crippen molar-refractivity contribution in [2.75, 3.05) is 11.9 Å². The van der Waals surface area contributed by atoms with Crippen molar-refractivity contribution in [2.45, 2.75) is 57.3 Å². The fraction of sp³-hybridized carbons (Fsp3) is 0.400. The topological polar surface area (TPSA) is 54.1 Å². The zero-order chi connectivity index (χ0) is 20.2. The third kappa shape index (κ3) is 3.21. The average Bonchev–Trinajstić information content (AvgIpc) is 3.40. The number of carbonyl (C=O) groups excluding carboxylic acids is 1. The van der Waals surface area contributed by atoms with Crippen LogP contribution in [0.4, 0.5) is 5.69 Å². The van der Waals surface area contributed by atoms with Crippen LogP contribution in [0.5, 0.6) is 5.75 Å². The molecule has 1 aromatic heterocycles. The summed E-state index contributed by atoms with van der Waals surface area (Å²) in [5.74, 6) is 1.04. The molecule has 2 heterocycles. The van der Waals surface area contributed by atoms with Gasteiger partial charge in [-0.3, -0.25) is 4.79 Å². The van der Waals surface area contributed by atoms with Gasteiger partial charge in [0.2, 0.25) is 5.91 Å². The zero-order valence-electron chi connectivity index (χ0n) is 17.4. The maximum Gasteiger partial charge on any atom is 0.235 e. The van der Waals surface area contributed by atoms with E-state index in [1.165, 1.54) is 11.3 Å². The van der Waals surface area contributed by atoms with Gasteiger partial charge in [-0.05, 0) is 67.1 Å². The molecule has 29 heavy (non-hydrogen) atoms. The maximum atomic E-state index is 13.2. The molecule has 150 valence electrons. The first-order valence-electron chi connectivity index (χ1n) is 10.6. The highest BCUT2D eigenvalue weighted by Gasteiger charge is 2.51. The summed E-state index contributed by atoms with van der Waals surface area (Å²) in [6.45, 7) is 7.35. The molecule has 0 spiro atoms. The summed E-state index contributed by atoms with van der Waals surface area (Å²) < 4.78 is 5.83. The van der Waals surface area contributed by atoms with Gasteiger partial charge < -0.3 is 15.0 Å². The van der Waals surface area contributed by atoms with E-state index in [1.54, 1.807) is 0 Å². The molecule has 5 rings (SSSR count). The fourth-order valence-electron chi connectivity index (χ4n) is 4.27. The van der Waals surface area contributed by atoms with Crippen LogP contribution >= 0.6 is 0 Å². The fourth-order valence-corrected chi connectivity index (χ4v) is 4.27. The number of carbonyl (C=O) groups is 1. The third-order valence-electron chi connectivity index (χ3n) is 6.34. The molecule has 4 heteroatoms. The van der Waals surface area contributed by atoms with Crippen molar-refractivity contribution in [3.8, 4) is 5.75 Å². The molecule has 2 aliphatic rings. The minimum atomic E-state index is -0.417. The number of ether oxygens (including phenoxy) is 1. The van der Waals surface area contributed by atoms with Crippen LogP contribution in [0.1, 0.15) is 56.9 Å². The SMILES string of the molecule is CC(C)(C)c1cc2cc(NC(=O)C3(c4ccc5c(c4)OCCC5)CC3)ccc2[nH]1. The zero-order valence-corrected chi connectivity index (χ0v) is 17.4. The summed E-state index contributed by atoms with van der Waals surface area (Å²) in [5, 5.41) is 4.29. The summed E-state index contributed by atoms with van der Waals surface area (Å²) in [5.41, 5.74) is 5.12. The highest BCUT2D eigenvalue weighted by molar-refractivity contribution is 6.02. The average molecular weight is 389 g/mol. The minimum absolute atomic E-state index is 0.0645. The van der Waals surface area contributed by atoms with E-state index in [0.29, 0.717) is 0 Å². The van der Waals surface area contributed by atoms with Crippen molar-refractivity contribution >= 4 is 22.5 Å². The van der Waals surface area contributed by atoms with Gasteiger partial charge in [-0.2, -0.15) is 0 Å². The molecule has 0 atom stereocenters. The smallest absolute Gasteiger partial charge is 0.235 e. The second-order valence-electron chi connectivity index (χ2n) is 9.55. The first-order valence-corrected chi connectivity index (χ1v) is 10.6. The number of hydrogen-bond donors (Lipinski definition) is 2. The number of aromatic amines is 1. The number of H-pyrrole nitrogens is 1. The number of aryl methyl sites for hydroxylation is 1. The molecule has 0 saturated heterocycles. The molecule has 0 bridgehead atoms. The molecular formula is C25H28N2O2. The van der Waals surface area contributed by atoms with Crippen LogP contribution < -0.4 is 10.1 Å². The van der Waals surface area contributed by atoms with E-state index < -0.39 is 5.41 Å². The molecule has 1 aliphatic heterocycles. The molecule has 4 nitrogen and oxygen atoms in total. The first-order chi connectivity index (χ1) is 13.8. The number of hydrogen-bond acceptors (Lipinski definition) is 2. The molecule has 3 aromatic rings. The lowest BCUT2D eigenvalue weighted by molar-refractivity contribution is -0.118.